The van der Waals surface area contributed by atoms with Crippen molar-refractivity contribution in [2.75, 3.05) is 0 Å². The molecule has 23 heavy (non-hydrogen) atoms. The molecule has 1 unspecified atom stereocenters. The van der Waals surface area contributed by atoms with Crippen molar-refractivity contribution in [1.29, 1.82) is 0 Å². The van der Waals surface area contributed by atoms with Crippen LogP contribution in [-0.2, 0) is 21.7 Å². The SMILES string of the molecule is O=C1NC2(c3ccc(Cl)cc3)Cc3ccccc3C(=O)N2C1=O. The Labute approximate surface area is 136 Å². The van der Waals surface area contributed by atoms with Gasteiger partial charge in [-0.15, -0.1) is 0 Å². The molecule has 5 nitrogen and oxygen atoms in total. The number of halogens is 1. The molecule has 3 amide bonds. The van der Waals surface area contributed by atoms with Crippen molar-refractivity contribution in [2.45, 2.75) is 12.1 Å². The van der Waals surface area contributed by atoms with Gasteiger partial charge >= 0.3 is 11.8 Å². The molecule has 0 bridgehead atoms. The Morgan fingerprint density at radius 2 is 1.65 bits per heavy atom. The number of carbonyl (C=O) groups excluding carboxylic acids is 3. The van der Waals surface area contributed by atoms with Gasteiger partial charge in [-0.05, 0) is 29.3 Å². The average molecular weight is 327 g/mol. The van der Waals surface area contributed by atoms with E-state index >= 15 is 0 Å². The van der Waals surface area contributed by atoms with Gasteiger partial charge in [0.05, 0.1) is 0 Å². The molecule has 0 spiro atoms. The van der Waals surface area contributed by atoms with Crippen molar-refractivity contribution in [2.24, 2.45) is 0 Å². The number of hydrogen-bond donors (Lipinski definition) is 1. The summed E-state index contributed by atoms with van der Waals surface area (Å²) in [6.45, 7) is 0. The third-order valence-electron chi connectivity index (χ3n) is 4.32. The van der Waals surface area contributed by atoms with Crippen LogP contribution in [0.25, 0.3) is 0 Å². The van der Waals surface area contributed by atoms with Gasteiger partial charge in [0.15, 0.2) is 5.66 Å². The van der Waals surface area contributed by atoms with Gasteiger partial charge in [-0.3, -0.25) is 14.4 Å². The van der Waals surface area contributed by atoms with E-state index in [9.17, 15) is 14.4 Å². The molecule has 2 aliphatic rings. The average Bonchev–Trinajstić information content (AvgIpc) is 2.80. The topological polar surface area (TPSA) is 66.5 Å². The normalized spacial score (nSPS) is 22.7. The van der Waals surface area contributed by atoms with Gasteiger partial charge in [0.2, 0.25) is 0 Å². The van der Waals surface area contributed by atoms with Gasteiger partial charge in [0, 0.05) is 17.0 Å². The maximum absolute atomic E-state index is 12.8. The Bertz CT molecular complexity index is 862. The van der Waals surface area contributed by atoms with Gasteiger partial charge in [0.1, 0.15) is 0 Å². The second-order valence-corrected chi connectivity index (χ2v) is 6.04. The van der Waals surface area contributed by atoms with Gasteiger partial charge in [-0.1, -0.05) is 41.9 Å². The molecule has 0 aromatic heterocycles. The summed E-state index contributed by atoms with van der Waals surface area (Å²) < 4.78 is 0. The molecule has 114 valence electrons. The number of fused-ring (bicyclic) bond motifs is 2. The molecule has 2 aromatic carbocycles. The molecule has 2 heterocycles. The highest BCUT2D eigenvalue weighted by atomic mass is 35.5. The zero-order valence-electron chi connectivity index (χ0n) is 11.9. The van der Waals surface area contributed by atoms with Crippen molar-refractivity contribution in [1.82, 2.24) is 10.2 Å². The molecule has 2 aromatic rings. The molecule has 4 rings (SSSR count). The highest BCUT2D eigenvalue weighted by molar-refractivity contribution is 6.41. The zero-order chi connectivity index (χ0) is 16.2. The number of rotatable bonds is 1. The van der Waals surface area contributed by atoms with E-state index < -0.39 is 23.4 Å². The fraction of sp³-hybridized carbons (Fsp3) is 0.118. The second-order valence-electron chi connectivity index (χ2n) is 5.60. The standard InChI is InChI=1S/C17H11ClN2O3/c18-12-7-5-11(6-8-12)17-9-10-3-1-2-4-13(10)15(22)20(17)16(23)14(21)19-17/h1-8H,9H2,(H,19,21). The van der Waals surface area contributed by atoms with E-state index in [4.69, 9.17) is 11.6 Å². The minimum Gasteiger partial charge on any atom is -0.320 e. The molecule has 0 radical (unpaired) electrons. The molecule has 1 N–H and O–H groups in total. The predicted molar refractivity (Wildman–Crippen MR) is 82.6 cm³/mol. The number of amides is 3. The number of carbonyl (C=O) groups is 3. The van der Waals surface area contributed by atoms with E-state index in [0.29, 0.717) is 22.6 Å². The molecular weight excluding hydrogens is 316 g/mol. The monoisotopic (exact) mass is 326 g/mol. The summed E-state index contributed by atoms with van der Waals surface area (Å²) in [7, 11) is 0. The van der Waals surface area contributed by atoms with Gasteiger partial charge in [0.25, 0.3) is 5.91 Å². The van der Waals surface area contributed by atoms with Crippen LogP contribution in [0.4, 0.5) is 0 Å². The van der Waals surface area contributed by atoms with E-state index in [1.54, 1.807) is 36.4 Å². The Hall–Kier alpha value is -2.66. The molecule has 1 saturated heterocycles. The third kappa shape index (κ3) is 1.83. The Morgan fingerprint density at radius 3 is 2.39 bits per heavy atom. The van der Waals surface area contributed by atoms with Crippen LogP contribution in [-0.4, -0.2) is 22.6 Å². The van der Waals surface area contributed by atoms with E-state index in [2.05, 4.69) is 5.32 Å². The number of imide groups is 1. The van der Waals surface area contributed by atoms with Crippen LogP contribution in [0, 0.1) is 0 Å². The summed E-state index contributed by atoms with van der Waals surface area (Å²) in [5, 5.41) is 3.24. The summed E-state index contributed by atoms with van der Waals surface area (Å²) in [6.07, 6.45) is 0.327. The van der Waals surface area contributed by atoms with Crippen LogP contribution in [0.5, 0.6) is 0 Å². The second kappa shape index (κ2) is 4.67. The van der Waals surface area contributed by atoms with Crippen molar-refractivity contribution in [3.63, 3.8) is 0 Å². The molecule has 0 saturated carbocycles. The van der Waals surface area contributed by atoms with E-state index in [1.807, 2.05) is 12.1 Å². The highest BCUT2D eigenvalue weighted by Crippen LogP contribution is 2.40. The number of nitrogens with zero attached hydrogens (tertiary/aromatic N) is 1. The Balaban J connectivity index is 1.96. The number of hydrogen-bond acceptors (Lipinski definition) is 3. The quantitative estimate of drug-likeness (QED) is 0.642. The first kappa shape index (κ1) is 14.0. The molecule has 1 fully saturated rings. The predicted octanol–water partition coefficient (Wildman–Crippen LogP) is 1.85. The molecule has 1 atom stereocenters. The molecule has 0 aliphatic carbocycles. The van der Waals surface area contributed by atoms with Crippen LogP contribution in [0.1, 0.15) is 21.5 Å². The Morgan fingerprint density at radius 1 is 0.957 bits per heavy atom. The lowest BCUT2D eigenvalue weighted by molar-refractivity contribution is -0.139. The largest absolute Gasteiger partial charge is 0.321 e. The van der Waals surface area contributed by atoms with Crippen molar-refractivity contribution in [3.8, 4) is 0 Å². The minimum atomic E-state index is -1.19. The summed E-state index contributed by atoms with van der Waals surface area (Å²) in [5.74, 6) is -2.08. The lowest BCUT2D eigenvalue weighted by Gasteiger charge is -2.40. The van der Waals surface area contributed by atoms with Crippen LogP contribution in [0.3, 0.4) is 0 Å². The molecule has 2 aliphatic heterocycles. The summed E-state index contributed by atoms with van der Waals surface area (Å²) in [5.41, 5.74) is 0.689. The number of benzene rings is 2. The van der Waals surface area contributed by atoms with Crippen molar-refractivity contribution >= 4 is 29.3 Å². The summed E-state index contributed by atoms with van der Waals surface area (Å²) in [4.78, 5) is 38.1. The van der Waals surface area contributed by atoms with Crippen molar-refractivity contribution < 1.29 is 14.4 Å². The first-order chi connectivity index (χ1) is 11.0. The third-order valence-corrected chi connectivity index (χ3v) is 4.57. The van der Waals surface area contributed by atoms with Crippen LogP contribution < -0.4 is 5.32 Å². The maximum atomic E-state index is 12.8. The van der Waals surface area contributed by atoms with Gasteiger partial charge in [-0.25, -0.2) is 4.90 Å². The lowest BCUT2D eigenvalue weighted by Crippen LogP contribution is -2.56. The highest BCUT2D eigenvalue weighted by Gasteiger charge is 2.57. The number of nitrogens with one attached hydrogen (secondary N) is 1. The fourth-order valence-electron chi connectivity index (χ4n) is 3.27. The molecule has 6 heteroatoms. The Kier molecular flexibility index (Phi) is 2.83. The smallest absolute Gasteiger partial charge is 0.320 e. The summed E-state index contributed by atoms with van der Waals surface area (Å²) >= 11 is 5.92. The van der Waals surface area contributed by atoms with Crippen molar-refractivity contribution in [3.05, 3.63) is 70.2 Å². The zero-order valence-corrected chi connectivity index (χ0v) is 12.6. The van der Waals surface area contributed by atoms with E-state index in [1.165, 1.54) is 0 Å². The first-order valence-electron chi connectivity index (χ1n) is 7.08. The lowest BCUT2D eigenvalue weighted by atomic mass is 9.85. The molecular formula is C17H11ClN2O3. The minimum absolute atomic E-state index is 0.327. The first-order valence-corrected chi connectivity index (χ1v) is 7.46. The van der Waals surface area contributed by atoms with E-state index in [0.717, 1.165) is 10.5 Å². The van der Waals surface area contributed by atoms with Crippen LogP contribution in [0.2, 0.25) is 5.02 Å². The van der Waals surface area contributed by atoms with Crippen LogP contribution >= 0.6 is 11.6 Å². The van der Waals surface area contributed by atoms with Gasteiger partial charge in [-0.2, -0.15) is 0 Å². The van der Waals surface area contributed by atoms with Crippen LogP contribution in [0.15, 0.2) is 48.5 Å². The summed E-state index contributed by atoms with van der Waals surface area (Å²) in [6, 6.07) is 13.8. The van der Waals surface area contributed by atoms with E-state index in [-0.39, 0.29) is 0 Å². The fourth-order valence-corrected chi connectivity index (χ4v) is 3.40. The maximum Gasteiger partial charge on any atom is 0.321 e. The van der Waals surface area contributed by atoms with Gasteiger partial charge < -0.3 is 5.32 Å².